The maximum atomic E-state index is 13.0. The second-order valence-corrected chi connectivity index (χ2v) is 6.66. The van der Waals surface area contributed by atoms with Gasteiger partial charge in [0.25, 0.3) is 5.91 Å². The van der Waals surface area contributed by atoms with E-state index in [0.717, 1.165) is 42.1 Å². The Labute approximate surface area is 157 Å². The van der Waals surface area contributed by atoms with Gasteiger partial charge in [-0.15, -0.1) is 10.2 Å². The summed E-state index contributed by atoms with van der Waals surface area (Å²) in [7, 11) is 1.80. The van der Waals surface area contributed by atoms with E-state index in [0.29, 0.717) is 11.4 Å². The third-order valence-corrected chi connectivity index (χ3v) is 4.84. The molecule has 27 heavy (non-hydrogen) atoms. The number of amides is 1. The molecule has 1 saturated heterocycles. The lowest BCUT2D eigenvalue weighted by molar-refractivity contribution is 0.0714. The Morgan fingerprint density at radius 2 is 2.00 bits per heavy atom. The van der Waals surface area contributed by atoms with E-state index in [2.05, 4.69) is 20.7 Å². The third kappa shape index (κ3) is 3.40. The average molecular weight is 363 g/mol. The van der Waals surface area contributed by atoms with Crippen molar-refractivity contribution in [2.75, 3.05) is 18.9 Å². The Morgan fingerprint density at radius 3 is 2.63 bits per heavy atom. The van der Waals surface area contributed by atoms with Crippen LogP contribution in [0.4, 0.5) is 5.82 Å². The first-order valence-electron chi connectivity index (χ1n) is 9.02. The molecule has 0 unspecified atom stereocenters. The van der Waals surface area contributed by atoms with Crippen molar-refractivity contribution in [2.45, 2.75) is 25.8 Å². The van der Waals surface area contributed by atoms with Crippen LogP contribution in [0.25, 0.3) is 11.3 Å². The molecule has 1 aliphatic heterocycles. The number of carbonyl (C=O) groups is 1. The van der Waals surface area contributed by atoms with Gasteiger partial charge in [0.1, 0.15) is 5.82 Å². The van der Waals surface area contributed by atoms with E-state index in [1.807, 2.05) is 54.3 Å². The largest absolute Gasteiger partial charge is 0.372 e. The van der Waals surface area contributed by atoms with Gasteiger partial charge < -0.3 is 14.7 Å². The molecule has 3 aromatic rings. The van der Waals surface area contributed by atoms with Crippen LogP contribution in [0.15, 0.2) is 47.0 Å². The predicted octanol–water partition coefficient (Wildman–Crippen LogP) is 3.46. The fourth-order valence-corrected chi connectivity index (χ4v) is 3.41. The smallest absolute Gasteiger partial charge is 0.254 e. The second kappa shape index (κ2) is 7.19. The molecule has 1 aliphatic rings. The molecule has 0 bridgehead atoms. The standard InChI is InChI=1S/C20H21N5O2/c1-13-12-18(27-24-13)17-4-3-11-25(17)20(26)15-7-5-14(6-8-15)16-9-10-19(21-2)23-22-16/h5-10,12,17H,3-4,11H2,1-2H3,(H,21,23)/t17-/m1/s1. The number of nitrogens with zero attached hydrogens (tertiary/aromatic N) is 4. The minimum absolute atomic E-state index is 0.00900. The summed E-state index contributed by atoms with van der Waals surface area (Å²) in [5.41, 5.74) is 3.18. The normalized spacial score (nSPS) is 16.5. The second-order valence-electron chi connectivity index (χ2n) is 6.66. The van der Waals surface area contributed by atoms with Crippen LogP contribution in [0.1, 0.15) is 40.7 Å². The third-order valence-electron chi connectivity index (χ3n) is 4.84. The summed E-state index contributed by atoms with van der Waals surface area (Å²) in [6, 6.07) is 13.1. The fourth-order valence-electron chi connectivity index (χ4n) is 3.41. The fraction of sp³-hybridized carbons (Fsp3) is 0.300. The van der Waals surface area contributed by atoms with Gasteiger partial charge in [-0.05, 0) is 44.0 Å². The number of carbonyl (C=O) groups excluding carboxylic acids is 1. The molecule has 4 rings (SSSR count). The molecule has 0 radical (unpaired) electrons. The Balaban J connectivity index is 1.53. The van der Waals surface area contributed by atoms with E-state index >= 15 is 0 Å². The van der Waals surface area contributed by atoms with E-state index in [9.17, 15) is 4.79 Å². The zero-order valence-electron chi connectivity index (χ0n) is 15.3. The molecule has 0 spiro atoms. The molecule has 1 fully saturated rings. The molecule has 7 heteroatoms. The van der Waals surface area contributed by atoms with E-state index in [1.165, 1.54) is 0 Å². The van der Waals surface area contributed by atoms with Gasteiger partial charge in [0, 0.05) is 30.8 Å². The molecule has 3 heterocycles. The number of hydrogen-bond acceptors (Lipinski definition) is 6. The molecular formula is C20H21N5O2. The van der Waals surface area contributed by atoms with Crippen molar-refractivity contribution < 1.29 is 9.32 Å². The van der Waals surface area contributed by atoms with Gasteiger partial charge in [0.2, 0.25) is 0 Å². The first kappa shape index (κ1) is 17.2. The van der Waals surface area contributed by atoms with Crippen LogP contribution in [0.3, 0.4) is 0 Å². The van der Waals surface area contributed by atoms with Gasteiger partial charge in [-0.1, -0.05) is 17.3 Å². The van der Waals surface area contributed by atoms with Crippen LogP contribution in [0, 0.1) is 6.92 Å². The summed E-state index contributed by atoms with van der Waals surface area (Å²) >= 11 is 0. The van der Waals surface area contributed by atoms with Crippen molar-refractivity contribution >= 4 is 11.7 Å². The molecule has 1 aromatic carbocycles. The van der Waals surface area contributed by atoms with Crippen LogP contribution in [0.5, 0.6) is 0 Å². The number of aromatic nitrogens is 3. The lowest BCUT2D eigenvalue weighted by Crippen LogP contribution is -2.30. The summed E-state index contributed by atoms with van der Waals surface area (Å²) in [5, 5.41) is 15.2. The number of benzene rings is 1. The van der Waals surface area contributed by atoms with E-state index < -0.39 is 0 Å². The molecule has 0 aliphatic carbocycles. The summed E-state index contributed by atoms with van der Waals surface area (Å²) < 4.78 is 5.40. The highest BCUT2D eigenvalue weighted by atomic mass is 16.5. The minimum atomic E-state index is -0.0432. The Kier molecular flexibility index (Phi) is 4.58. The van der Waals surface area contributed by atoms with Crippen LogP contribution < -0.4 is 5.32 Å². The lowest BCUT2D eigenvalue weighted by Gasteiger charge is -2.22. The number of nitrogens with one attached hydrogen (secondary N) is 1. The minimum Gasteiger partial charge on any atom is -0.372 e. The van der Waals surface area contributed by atoms with Gasteiger partial charge in [0.15, 0.2) is 5.76 Å². The SMILES string of the molecule is CNc1ccc(-c2ccc(C(=O)N3CCC[C@@H]3c3cc(C)no3)cc2)nn1. The zero-order valence-corrected chi connectivity index (χ0v) is 15.3. The van der Waals surface area contributed by atoms with Crippen LogP contribution in [0.2, 0.25) is 0 Å². The molecule has 1 atom stereocenters. The first-order chi connectivity index (χ1) is 13.2. The Morgan fingerprint density at radius 1 is 1.19 bits per heavy atom. The van der Waals surface area contributed by atoms with Crippen LogP contribution in [-0.2, 0) is 0 Å². The zero-order chi connectivity index (χ0) is 18.8. The van der Waals surface area contributed by atoms with Gasteiger partial charge >= 0.3 is 0 Å². The number of rotatable bonds is 4. The van der Waals surface area contributed by atoms with Crippen LogP contribution >= 0.6 is 0 Å². The van der Waals surface area contributed by atoms with Crippen molar-refractivity contribution in [3.05, 3.63) is 59.5 Å². The quantitative estimate of drug-likeness (QED) is 0.764. The number of likely N-dealkylation sites (tertiary alicyclic amines) is 1. The Hall–Kier alpha value is -3.22. The first-order valence-corrected chi connectivity index (χ1v) is 9.02. The number of hydrogen-bond donors (Lipinski definition) is 1. The van der Waals surface area contributed by atoms with Crippen LogP contribution in [-0.4, -0.2) is 39.8 Å². The van der Waals surface area contributed by atoms with Crippen molar-refractivity contribution in [1.82, 2.24) is 20.3 Å². The molecule has 1 amide bonds. The van der Waals surface area contributed by atoms with Crippen molar-refractivity contribution in [3.8, 4) is 11.3 Å². The molecular weight excluding hydrogens is 342 g/mol. The lowest BCUT2D eigenvalue weighted by atomic mass is 10.1. The summed E-state index contributed by atoms with van der Waals surface area (Å²) in [6.07, 6.45) is 1.85. The number of aryl methyl sites for hydroxylation is 1. The van der Waals surface area contributed by atoms with Gasteiger partial charge in [0.05, 0.1) is 17.4 Å². The molecule has 2 aromatic heterocycles. The molecule has 0 saturated carbocycles. The average Bonchev–Trinajstić information content (AvgIpc) is 3.36. The van der Waals surface area contributed by atoms with Gasteiger partial charge in [-0.2, -0.15) is 0 Å². The highest BCUT2D eigenvalue weighted by Crippen LogP contribution is 2.33. The van der Waals surface area contributed by atoms with Crippen molar-refractivity contribution in [3.63, 3.8) is 0 Å². The Bertz CT molecular complexity index is 934. The number of anilines is 1. The van der Waals surface area contributed by atoms with E-state index in [-0.39, 0.29) is 11.9 Å². The molecule has 138 valence electrons. The molecule has 1 N–H and O–H groups in total. The maximum Gasteiger partial charge on any atom is 0.254 e. The van der Waals surface area contributed by atoms with Crippen molar-refractivity contribution in [1.29, 1.82) is 0 Å². The van der Waals surface area contributed by atoms with E-state index in [4.69, 9.17) is 4.52 Å². The van der Waals surface area contributed by atoms with Gasteiger partial charge in [-0.25, -0.2) is 0 Å². The monoisotopic (exact) mass is 363 g/mol. The van der Waals surface area contributed by atoms with Gasteiger partial charge in [-0.3, -0.25) is 4.79 Å². The van der Waals surface area contributed by atoms with Crippen molar-refractivity contribution in [2.24, 2.45) is 0 Å². The predicted molar refractivity (Wildman–Crippen MR) is 101 cm³/mol. The molecule has 7 nitrogen and oxygen atoms in total. The summed E-state index contributed by atoms with van der Waals surface area (Å²) in [6.45, 7) is 2.61. The summed E-state index contributed by atoms with van der Waals surface area (Å²) in [5.74, 6) is 1.48. The maximum absolute atomic E-state index is 13.0. The highest BCUT2D eigenvalue weighted by Gasteiger charge is 2.33. The summed E-state index contributed by atoms with van der Waals surface area (Å²) in [4.78, 5) is 14.9. The highest BCUT2D eigenvalue weighted by molar-refractivity contribution is 5.95. The van der Waals surface area contributed by atoms with E-state index in [1.54, 1.807) is 7.05 Å². The topological polar surface area (TPSA) is 84.2 Å².